The summed E-state index contributed by atoms with van der Waals surface area (Å²) in [7, 11) is 0. The van der Waals surface area contributed by atoms with E-state index in [2.05, 4.69) is 40.9 Å². The highest BCUT2D eigenvalue weighted by Crippen LogP contribution is 2.29. The Morgan fingerprint density at radius 2 is 1.71 bits per heavy atom. The number of carbonyl (C=O) groups excluding carboxylic acids is 1. The smallest absolute Gasteiger partial charge is 0.253 e. The molecule has 8 heteroatoms. The van der Waals surface area contributed by atoms with Gasteiger partial charge < -0.3 is 4.90 Å². The van der Waals surface area contributed by atoms with E-state index in [0.29, 0.717) is 18.7 Å². The van der Waals surface area contributed by atoms with Crippen molar-refractivity contribution in [3.8, 4) is 0 Å². The lowest BCUT2D eigenvalue weighted by Crippen LogP contribution is -2.38. The third kappa shape index (κ3) is 3.62. The lowest BCUT2D eigenvalue weighted by Gasteiger charge is -2.31. The van der Waals surface area contributed by atoms with Gasteiger partial charge in [0.1, 0.15) is 0 Å². The molecule has 1 aromatic carbocycles. The molecule has 4 heterocycles. The Hall–Kier alpha value is -3.42. The van der Waals surface area contributed by atoms with E-state index in [1.807, 2.05) is 39.7 Å². The Labute approximate surface area is 180 Å². The SMILES string of the molecule is CC(C)(C)c1ccc2nnc(C3CCN(C(=O)c4ccc5nccnc5c4)CC3)n2n1. The van der Waals surface area contributed by atoms with Gasteiger partial charge in [0, 0.05) is 42.4 Å². The van der Waals surface area contributed by atoms with E-state index in [1.165, 1.54) is 0 Å². The number of likely N-dealkylation sites (tertiary alicyclic amines) is 1. The van der Waals surface area contributed by atoms with E-state index in [0.717, 1.165) is 41.0 Å². The highest BCUT2D eigenvalue weighted by atomic mass is 16.2. The number of piperidine rings is 1. The summed E-state index contributed by atoms with van der Waals surface area (Å²) < 4.78 is 1.88. The van der Waals surface area contributed by atoms with Crippen LogP contribution in [-0.4, -0.2) is 53.7 Å². The molecule has 4 aromatic rings. The summed E-state index contributed by atoms with van der Waals surface area (Å²) in [6.07, 6.45) is 4.97. The molecule has 158 valence electrons. The average Bonchev–Trinajstić information content (AvgIpc) is 3.21. The second-order valence-corrected chi connectivity index (χ2v) is 9.12. The molecule has 1 aliphatic heterocycles. The van der Waals surface area contributed by atoms with Gasteiger partial charge in [0.05, 0.1) is 16.7 Å². The van der Waals surface area contributed by atoms with Crippen molar-refractivity contribution in [2.75, 3.05) is 13.1 Å². The number of benzene rings is 1. The Balaban J connectivity index is 1.33. The highest BCUT2D eigenvalue weighted by Gasteiger charge is 2.28. The van der Waals surface area contributed by atoms with Crippen molar-refractivity contribution in [2.45, 2.75) is 44.9 Å². The first-order chi connectivity index (χ1) is 14.9. The zero-order chi connectivity index (χ0) is 21.6. The number of hydrogen-bond donors (Lipinski definition) is 0. The molecule has 3 aromatic heterocycles. The monoisotopic (exact) mass is 415 g/mol. The van der Waals surface area contributed by atoms with E-state index >= 15 is 0 Å². The topological polar surface area (TPSA) is 89.2 Å². The van der Waals surface area contributed by atoms with Gasteiger partial charge in [-0.25, -0.2) is 0 Å². The lowest BCUT2D eigenvalue weighted by atomic mass is 9.92. The van der Waals surface area contributed by atoms with Crippen LogP contribution in [0.2, 0.25) is 0 Å². The van der Waals surface area contributed by atoms with Gasteiger partial charge in [0.2, 0.25) is 0 Å². The van der Waals surface area contributed by atoms with Crippen LogP contribution < -0.4 is 0 Å². The summed E-state index contributed by atoms with van der Waals surface area (Å²) in [6.45, 7) is 7.79. The molecule has 1 saturated heterocycles. The van der Waals surface area contributed by atoms with E-state index in [-0.39, 0.29) is 17.2 Å². The summed E-state index contributed by atoms with van der Waals surface area (Å²) in [6, 6.07) is 9.49. The molecule has 0 saturated carbocycles. The van der Waals surface area contributed by atoms with Gasteiger partial charge in [0.15, 0.2) is 11.5 Å². The third-order valence-corrected chi connectivity index (χ3v) is 5.92. The number of nitrogens with zero attached hydrogens (tertiary/aromatic N) is 7. The molecule has 8 nitrogen and oxygen atoms in total. The van der Waals surface area contributed by atoms with Crippen LogP contribution in [0.5, 0.6) is 0 Å². The van der Waals surface area contributed by atoms with Crippen LogP contribution in [0.1, 0.15) is 61.4 Å². The Morgan fingerprint density at radius 1 is 0.968 bits per heavy atom. The fourth-order valence-corrected chi connectivity index (χ4v) is 4.08. The maximum Gasteiger partial charge on any atom is 0.253 e. The largest absolute Gasteiger partial charge is 0.339 e. The molecular formula is C23H25N7O. The Morgan fingerprint density at radius 3 is 2.45 bits per heavy atom. The first-order valence-electron chi connectivity index (χ1n) is 10.6. The molecule has 0 spiro atoms. The fourth-order valence-electron chi connectivity index (χ4n) is 4.08. The molecule has 0 atom stereocenters. The number of carbonyl (C=O) groups is 1. The van der Waals surface area contributed by atoms with Crippen molar-refractivity contribution >= 4 is 22.6 Å². The molecule has 0 unspecified atom stereocenters. The number of aromatic nitrogens is 6. The molecular weight excluding hydrogens is 390 g/mol. The molecule has 5 rings (SSSR count). The molecule has 0 N–H and O–H groups in total. The summed E-state index contributed by atoms with van der Waals surface area (Å²) >= 11 is 0. The van der Waals surface area contributed by atoms with Crippen molar-refractivity contribution < 1.29 is 4.79 Å². The van der Waals surface area contributed by atoms with Crippen LogP contribution in [0.25, 0.3) is 16.7 Å². The van der Waals surface area contributed by atoms with Crippen LogP contribution in [0.4, 0.5) is 0 Å². The van der Waals surface area contributed by atoms with Crippen LogP contribution in [-0.2, 0) is 5.41 Å². The normalized spacial score (nSPS) is 15.6. The van der Waals surface area contributed by atoms with Gasteiger partial charge in [-0.3, -0.25) is 14.8 Å². The second-order valence-electron chi connectivity index (χ2n) is 9.12. The van der Waals surface area contributed by atoms with Crippen LogP contribution in [0.15, 0.2) is 42.7 Å². The predicted molar refractivity (Wildman–Crippen MR) is 117 cm³/mol. The van der Waals surface area contributed by atoms with Gasteiger partial charge in [-0.2, -0.15) is 9.61 Å². The van der Waals surface area contributed by atoms with Gasteiger partial charge in [0.25, 0.3) is 5.91 Å². The first-order valence-corrected chi connectivity index (χ1v) is 10.6. The minimum absolute atomic E-state index is 0.0326. The molecule has 1 fully saturated rings. The maximum absolute atomic E-state index is 13.0. The molecule has 1 aliphatic rings. The standard InChI is InChI=1S/C23H25N7O/c1-23(2,3)19-6-7-20-26-27-21(30(20)28-19)15-8-12-29(13-9-15)22(31)16-4-5-17-18(14-16)25-11-10-24-17/h4-7,10-11,14-15H,8-9,12-13H2,1-3H3. The Bertz CT molecular complexity index is 1270. The minimum Gasteiger partial charge on any atom is -0.339 e. The Kier molecular flexibility index (Phi) is 4.64. The predicted octanol–water partition coefficient (Wildman–Crippen LogP) is 3.38. The molecule has 0 bridgehead atoms. The number of rotatable bonds is 2. The molecule has 1 amide bonds. The summed E-state index contributed by atoms with van der Waals surface area (Å²) in [5.41, 5.74) is 3.90. The molecule has 0 aliphatic carbocycles. The summed E-state index contributed by atoms with van der Waals surface area (Å²) in [5.74, 6) is 1.14. The van der Waals surface area contributed by atoms with Gasteiger partial charge in [-0.1, -0.05) is 20.8 Å². The number of hydrogen-bond acceptors (Lipinski definition) is 6. The summed E-state index contributed by atoms with van der Waals surface area (Å²) in [4.78, 5) is 23.5. The quantitative estimate of drug-likeness (QED) is 0.499. The minimum atomic E-state index is -0.0459. The van der Waals surface area contributed by atoms with Crippen LogP contribution in [0.3, 0.4) is 0 Å². The van der Waals surface area contributed by atoms with E-state index in [9.17, 15) is 4.79 Å². The summed E-state index contributed by atoms with van der Waals surface area (Å²) in [5, 5.41) is 13.6. The van der Waals surface area contributed by atoms with Crippen molar-refractivity contribution in [3.63, 3.8) is 0 Å². The van der Waals surface area contributed by atoms with E-state index in [1.54, 1.807) is 12.4 Å². The van der Waals surface area contributed by atoms with Gasteiger partial charge in [-0.05, 0) is 43.2 Å². The lowest BCUT2D eigenvalue weighted by molar-refractivity contribution is 0.0710. The average molecular weight is 416 g/mol. The van der Waals surface area contributed by atoms with E-state index < -0.39 is 0 Å². The molecule has 31 heavy (non-hydrogen) atoms. The van der Waals surface area contributed by atoms with Crippen molar-refractivity contribution in [1.82, 2.24) is 34.7 Å². The van der Waals surface area contributed by atoms with Gasteiger partial charge >= 0.3 is 0 Å². The maximum atomic E-state index is 13.0. The van der Waals surface area contributed by atoms with Crippen molar-refractivity contribution in [1.29, 1.82) is 0 Å². The number of fused-ring (bicyclic) bond motifs is 2. The fraction of sp³-hybridized carbons (Fsp3) is 0.391. The van der Waals surface area contributed by atoms with Crippen molar-refractivity contribution in [2.24, 2.45) is 0 Å². The van der Waals surface area contributed by atoms with Crippen molar-refractivity contribution in [3.05, 3.63) is 59.8 Å². The van der Waals surface area contributed by atoms with Crippen LogP contribution >= 0.6 is 0 Å². The van der Waals surface area contributed by atoms with E-state index in [4.69, 9.17) is 5.10 Å². The van der Waals surface area contributed by atoms with Gasteiger partial charge in [-0.15, -0.1) is 10.2 Å². The zero-order valence-electron chi connectivity index (χ0n) is 18.0. The second kappa shape index (κ2) is 7.37. The third-order valence-electron chi connectivity index (χ3n) is 5.92. The first kappa shape index (κ1) is 19.5. The number of amides is 1. The zero-order valence-corrected chi connectivity index (χ0v) is 18.0. The van der Waals surface area contributed by atoms with Crippen LogP contribution in [0, 0.1) is 0 Å². The molecule has 0 radical (unpaired) electrons. The highest BCUT2D eigenvalue weighted by molar-refractivity contribution is 5.97.